The fraction of sp³-hybridized carbons (Fsp3) is 0.667. The minimum Gasteiger partial charge on any atom is -0.301 e. The van der Waals surface area contributed by atoms with Crippen molar-refractivity contribution in [3.8, 4) is 0 Å². The second-order valence-corrected chi connectivity index (χ2v) is 12.5. The minimum absolute atomic E-state index is 0.104. The molecule has 0 aliphatic heterocycles. The molecule has 0 aliphatic rings. The van der Waals surface area contributed by atoms with Gasteiger partial charge in [0.05, 0.1) is 0 Å². The van der Waals surface area contributed by atoms with Crippen molar-refractivity contribution >= 4 is 29.4 Å². The van der Waals surface area contributed by atoms with Gasteiger partial charge in [-0.2, -0.15) is 0 Å². The Balaban J connectivity index is 4.62. The summed E-state index contributed by atoms with van der Waals surface area (Å²) in [5.41, 5.74) is 0. The summed E-state index contributed by atoms with van der Waals surface area (Å²) in [5, 5.41) is 0.420. The number of halogens is 1. The van der Waals surface area contributed by atoms with E-state index in [1.807, 2.05) is 6.08 Å². The monoisotopic (exact) mass is 330 g/mol. The molecule has 0 amide bonds. The van der Waals surface area contributed by atoms with Crippen LogP contribution >= 0.6 is 15.9 Å². The van der Waals surface area contributed by atoms with Crippen molar-refractivity contribution in [2.24, 2.45) is 0 Å². The Kier molecular flexibility index (Phi) is 7.38. The molecule has 0 fully saturated rings. The van der Waals surface area contributed by atoms with Gasteiger partial charge in [-0.25, -0.2) is 0 Å². The molecule has 3 heteroatoms. The van der Waals surface area contributed by atoms with E-state index in [1.165, 1.54) is 12.8 Å². The van der Waals surface area contributed by atoms with Crippen LogP contribution in [-0.2, 0) is 4.79 Å². The molecule has 0 saturated heterocycles. The summed E-state index contributed by atoms with van der Waals surface area (Å²) in [7, 11) is -1.89. The maximum Gasteiger partial charge on any atom is 0.137 e. The summed E-state index contributed by atoms with van der Waals surface area (Å²) in [6, 6.07) is 0. The molecule has 0 bridgehead atoms. The van der Waals surface area contributed by atoms with Gasteiger partial charge in [0.1, 0.15) is 13.5 Å². The average Bonchev–Trinajstić information content (AvgIpc) is 2.24. The Bertz CT molecular complexity index is 335. The van der Waals surface area contributed by atoms with Crippen molar-refractivity contribution in [2.45, 2.75) is 65.1 Å². The van der Waals surface area contributed by atoms with Crippen LogP contribution in [0.2, 0.25) is 18.1 Å². The van der Waals surface area contributed by atoms with Crippen molar-refractivity contribution in [3.05, 3.63) is 22.7 Å². The van der Waals surface area contributed by atoms with Crippen molar-refractivity contribution in [2.75, 3.05) is 0 Å². The molecule has 0 aromatic rings. The summed E-state index contributed by atoms with van der Waals surface area (Å²) in [5.74, 6) is 0. The predicted molar refractivity (Wildman–Crippen MR) is 87.9 cm³/mol. The van der Waals surface area contributed by atoms with E-state index in [9.17, 15) is 4.79 Å². The van der Waals surface area contributed by atoms with Crippen molar-refractivity contribution in [1.29, 1.82) is 0 Å². The van der Waals surface area contributed by atoms with Gasteiger partial charge in [0.2, 0.25) is 0 Å². The first-order valence-electron chi connectivity index (χ1n) is 6.71. The first-order chi connectivity index (χ1) is 8.13. The third-order valence-corrected chi connectivity index (χ3v) is 9.52. The zero-order chi connectivity index (χ0) is 14.4. The standard InChI is InChI=1S/C15H27BrOSi/c1-7-8-9-10-13(16)11-12-14(17)18(5,6)15(2,3)4/h10-12H,7-9H2,1-6H3/b12-11+,13-10-. The van der Waals surface area contributed by atoms with Gasteiger partial charge in [-0.1, -0.05) is 75.6 Å². The third-order valence-electron chi connectivity index (χ3n) is 3.78. The van der Waals surface area contributed by atoms with Crippen LogP contribution in [0.3, 0.4) is 0 Å². The topological polar surface area (TPSA) is 17.1 Å². The number of unbranched alkanes of at least 4 members (excludes halogenated alkanes) is 2. The SMILES string of the molecule is CCCC/C=C(Br)/C=C/C(=O)[Si](C)(C)C(C)(C)C. The Morgan fingerprint density at radius 2 is 1.78 bits per heavy atom. The highest BCUT2D eigenvalue weighted by molar-refractivity contribution is 9.11. The van der Waals surface area contributed by atoms with Crippen LogP contribution in [0.4, 0.5) is 0 Å². The highest BCUT2D eigenvalue weighted by atomic mass is 79.9. The lowest BCUT2D eigenvalue weighted by atomic mass is 10.2. The van der Waals surface area contributed by atoms with Gasteiger partial charge < -0.3 is 4.79 Å². The van der Waals surface area contributed by atoms with Crippen molar-refractivity contribution in [1.82, 2.24) is 0 Å². The largest absolute Gasteiger partial charge is 0.301 e. The van der Waals surface area contributed by atoms with E-state index in [0.717, 1.165) is 10.9 Å². The number of hydrogen-bond acceptors (Lipinski definition) is 1. The Morgan fingerprint density at radius 1 is 1.22 bits per heavy atom. The molecule has 104 valence electrons. The van der Waals surface area contributed by atoms with Crippen LogP contribution in [0.25, 0.3) is 0 Å². The summed E-state index contributed by atoms with van der Waals surface area (Å²) in [6.45, 7) is 13.0. The van der Waals surface area contributed by atoms with Crippen LogP contribution in [0.1, 0.15) is 47.0 Å². The summed E-state index contributed by atoms with van der Waals surface area (Å²) in [4.78, 5) is 12.3. The third kappa shape index (κ3) is 5.66. The Labute approximate surface area is 122 Å². The molecule has 0 rings (SSSR count). The normalized spacial score (nSPS) is 14.3. The van der Waals surface area contributed by atoms with E-state index in [2.05, 4.69) is 62.8 Å². The molecule has 0 aromatic heterocycles. The van der Waals surface area contributed by atoms with Crippen molar-refractivity contribution in [3.63, 3.8) is 0 Å². The molecule has 18 heavy (non-hydrogen) atoms. The van der Waals surface area contributed by atoms with E-state index in [-0.39, 0.29) is 5.04 Å². The molecule has 1 nitrogen and oxygen atoms in total. The maximum absolute atomic E-state index is 12.3. The molecule has 0 radical (unpaired) electrons. The van der Waals surface area contributed by atoms with Crippen molar-refractivity contribution < 1.29 is 4.79 Å². The Hall–Kier alpha value is -0.153. The van der Waals surface area contributed by atoms with Crippen LogP contribution in [0, 0.1) is 0 Å². The van der Waals surface area contributed by atoms with E-state index < -0.39 is 8.07 Å². The fourth-order valence-electron chi connectivity index (χ4n) is 1.25. The minimum atomic E-state index is -1.89. The molecule has 0 unspecified atom stereocenters. The lowest BCUT2D eigenvalue weighted by Crippen LogP contribution is -2.45. The second-order valence-electron chi connectivity index (χ2n) is 6.30. The molecule has 0 N–H and O–H groups in total. The average molecular weight is 331 g/mol. The molecule has 0 saturated carbocycles. The lowest BCUT2D eigenvalue weighted by molar-refractivity contribution is -0.108. The van der Waals surface area contributed by atoms with Gasteiger partial charge in [0.15, 0.2) is 0 Å². The molecule has 0 spiro atoms. The van der Waals surface area contributed by atoms with E-state index in [4.69, 9.17) is 0 Å². The lowest BCUT2D eigenvalue weighted by Gasteiger charge is -2.34. The molecule has 0 aliphatic carbocycles. The smallest absolute Gasteiger partial charge is 0.137 e. The number of carbonyl (C=O) groups is 1. The second kappa shape index (κ2) is 7.44. The number of allylic oxidation sites excluding steroid dienone is 4. The van der Waals surface area contributed by atoms with Gasteiger partial charge in [-0.05, 0) is 23.6 Å². The number of rotatable bonds is 6. The van der Waals surface area contributed by atoms with Crippen LogP contribution in [0.5, 0.6) is 0 Å². The zero-order valence-corrected chi connectivity index (χ0v) is 15.2. The summed E-state index contributed by atoms with van der Waals surface area (Å²) < 4.78 is 1.02. The van der Waals surface area contributed by atoms with E-state index in [1.54, 1.807) is 6.08 Å². The zero-order valence-electron chi connectivity index (χ0n) is 12.6. The summed E-state index contributed by atoms with van der Waals surface area (Å²) in [6.07, 6.45) is 9.25. The van der Waals surface area contributed by atoms with Gasteiger partial charge >= 0.3 is 0 Å². The maximum atomic E-state index is 12.3. The molecular weight excluding hydrogens is 304 g/mol. The highest BCUT2D eigenvalue weighted by Gasteiger charge is 2.40. The molecular formula is C15H27BrOSi. The quantitative estimate of drug-likeness (QED) is 0.267. The molecule has 0 heterocycles. The van der Waals surface area contributed by atoms with E-state index in [0.29, 0.717) is 5.41 Å². The van der Waals surface area contributed by atoms with Crippen LogP contribution in [-0.4, -0.2) is 13.5 Å². The Morgan fingerprint density at radius 3 is 2.22 bits per heavy atom. The van der Waals surface area contributed by atoms with Gasteiger partial charge in [0.25, 0.3) is 0 Å². The summed E-state index contributed by atoms with van der Waals surface area (Å²) >= 11 is 3.49. The molecule has 0 aromatic carbocycles. The fourth-order valence-corrected chi connectivity index (χ4v) is 2.85. The first kappa shape index (κ1) is 17.8. The van der Waals surface area contributed by atoms with Gasteiger partial charge in [-0.15, -0.1) is 0 Å². The highest BCUT2D eigenvalue weighted by Crippen LogP contribution is 2.36. The van der Waals surface area contributed by atoms with Crippen LogP contribution in [0.15, 0.2) is 22.7 Å². The van der Waals surface area contributed by atoms with Crippen LogP contribution < -0.4 is 0 Å². The van der Waals surface area contributed by atoms with Gasteiger partial charge in [-0.3, -0.25) is 0 Å². The molecule has 0 atom stereocenters. The van der Waals surface area contributed by atoms with E-state index >= 15 is 0 Å². The number of carbonyl (C=O) groups excluding carboxylic acids is 1. The predicted octanol–water partition coefficient (Wildman–Crippen LogP) is 5.63. The van der Waals surface area contributed by atoms with Gasteiger partial charge in [0, 0.05) is 4.48 Å². The first-order valence-corrected chi connectivity index (χ1v) is 10.5. The number of hydrogen-bond donors (Lipinski definition) is 0.